The highest BCUT2D eigenvalue weighted by molar-refractivity contribution is 7.80. The third-order valence-electron chi connectivity index (χ3n) is 4.95. The summed E-state index contributed by atoms with van der Waals surface area (Å²) in [6.07, 6.45) is 0.0176. The van der Waals surface area contributed by atoms with Crippen molar-refractivity contribution in [1.82, 2.24) is 5.32 Å². The van der Waals surface area contributed by atoms with Crippen molar-refractivity contribution in [3.05, 3.63) is 89.5 Å². The zero-order valence-electron chi connectivity index (χ0n) is 17.8. The molecule has 1 aliphatic rings. The first-order valence-corrected chi connectivity index (χ1v) is 10.7. The van der Waals surface area contributed by atoms with Gasteiger partial charge in [0.25, 0.3) is 11.8 Å². The molecule has 2 N–H and O–H groups in total. The van der Waals surface area contributed by atoms with Crippen molar-refractivity contribution in [3.63, 3.8) is 0 Å². The van der Waals surface area contributed by atoms with E-state index in [9.17, 15) is 9.59 Å². The van der Waals surface area contributed by atoms with Crippen LogP contribution in [0.3, 0.4) is 0 Å². The quantitative estimate of drug-likeness (QED) is 0.554. The summed E-state index contributed by atoms with van der Waals surface area (Å²) in [5.74, 6) is 0.294. The summed E-state index contributed by atoms with van der Waals surface area (Å²) in [6, 6.07) is 21.9. The van der Waals surface area contributed by atoms with Crippen LogP contribution < -0.4 is 20.3 Å². The average molecular weight is 446 g/mol. The van der Waals surface area contributed by atoms with Crippen LogP contribution in [0.5, 0.6) is 5.75 Å². The molecule has 3 aromatic rings. The van der Waals surface area contributed by atoms with E-state index >= 15 is 0 Å². The molecule has 1 heterocycles. The third-order valence-corrected chi connectivity index (χ3v) is 5.16. The lowest BCUT2D eigenvalue weighted by Gasteiger charge is -2.17. The number of hydrogen-bond donors (Lipinski definition) is 2. The van der Waals surface area contributed by atoms with Gasteiger partial charge in [-0.25, -0.2) is 0 Å². The molecule has 3 aromatic carbocycles. The Morgan fingerprint density at radius 2 is 1.78 bits per heavy atom. The van der Waals surface area contributed by atoms with Crippen molar-refractivity contribution in [2.45, 2.75) is 26.5 Å². The standard InChI is InChI=1S/C25H23N3O3S/c1-16(2)31-21-8-5-7-17(14-21)23(29)27-25(32)26-19-10-12-20(13-11-19)28-15-18-6-3-4-9-22(18)24(28)30/h3-14,16H,15H2,1-2H3,(H2,26,27,29,32). The summed E-state index contributed by atoms with van der Waals surface area (Å²) < 4.78 is 5.63. The highest BCUT2D eigenvalue weighted by atomic mass is 32.1. The summed E-state index contributed by atoms with van der Waals surface area (Å²) in [7, 11) is 0. The van der Waals surface area contributed by atoms with E-state index in [1.807, 2.05) is 62.4 Å². The molecular formula is C25H23N3O3S. The van der Waals surface area contributed by atoms with Crippen LogP contribution in [0.15, 0.2) is 72.8 Å². The number of rotatable bonds is 5. The second kappa shape index (κ2) is 9.20. The molecule has 0 saturated heterocycles. The predicted molar refractivity (Wildman–Crippen MR) is 129 cm³/mol. The number of nitrogens with one attached hydrogen (secondary N) is 2. The van der Waals surface area contributed by atoms with Crippen LogP contribution in [0.25, 0.3) is 0 Å². The molecule has 0 spiro atoms. The lowest BCUT2D eigenvalue weighted by Crippen LogP contribution is -2.34. The third kappa shape index (κ3) is 4.78. The molecule has 7 heteroatoms. The molecule has 0 aromatic heterocycles. The van der Waals surface area contributed by atoms with Crippen LogP contribution in [0.4, 0.5) is 11.4 Å². The topological polar surface area (TPSA) is 70.7 Å². The fraction of sp³-hybridized carbons (Fsp3) is 0.160. The zero-order chi connectivity index (χ0) is 22.7. The Hall–Kier alpha value is -3.71. The maximum absolute atomic E-state index is 12.6. The fourth-order valence-electron chi connectivity index (χ4n) is 3.51. The Balaban J connectivity index is 1.36. The van der Waals surface area contributed by atoms with Gasteiger partial charge in [-0.15, -0.1) is 0 Å². The minimum absolute atomic E-state index is 0.00669. The van der Waals surface area contributed by atoms with Gasteiger partial charge in [0, 0.05) is 22.5 Å². The molecule has 162 valence electrons. The monoisotopic (exact) mass is 445 g/mol. The second-order valence-electron chi connectivity index (χ2n) is 7.70. The Kier molecular flexibility index (Phi) is 6.18. The smallest absolute Gasteiger partial charge is 0.258 e. The SMILES string of the molecule is CC(C)Oc1cccc(C(=O)NC(=S)Nc2ccc(N3Cc4ccccc4C3=O)cc2)c1. The molecule has 0 radical (unpaired) electrons. The molecule has 0 unspecified atom stereocenters. The Morgan fingerprint density at radius 1 is 1.03 bits per heavy atom. The number of ether oxygens (including phenoxy) is 1. The molecule has 6 nitrogen and oxygen atoms in total. The molecule has 0 saturated carbocycles. The van der Waals surface area contributed by atoms with Gasteiger partial charge < -0.3 is 15.0 Å². The minimum atomic E-state index is -0.325. The van der Waals surface area contributed by atoms with Crippen molar-refractivity contribution >= 4 is 40.5 Å². The first kappa shape index (κ1) is 21.5. The van der Waals surface area contributed by atoms with Crippen molar-refractivity contribution in [1.29, 1.82) is 0 Å². The van der Waals surface area contributed by atoms with E-state index in [2.05, 4.69) is 10.6 Å². The molecule has 1 aliphatic heterocycles. The lowest BCUT2D eigenvalue weighted by atomic mass is 10.1. The Bertz CT molecular complexity index is 1180. The predicted octanol–water partition coefficient (Wildman–Crippen LogP) is 4.76. The van der Waals surface area contributed by atoms with Crippen LogP contribution in [0.1, 0.15) is 40.1 Å². The number of anilines is 2. The van der Waals surface area contributed by atoms with Crippen LogP contribution in [-0.2, 0) is 6.54 Å². The first-order chi connectivity index (χ1) is 15.4. The van der Waals surface area contributed by atoms with Gasteiger partial charge >= 0.3 is 0 Å². The number of amides is 2. The summed E-state index contributed by atoms with van der Waals surface area (Å²) in [4.78, 5) is 26.9. The maximum Gasteiger partial charge on any atom is 0.258 e. The molecule has 0 atom stereocenters. The highest BCUT2D eigenvalue weighted by Crippen LogP contribution is 2.28. The van der Waals surface area contributed by atoms with E-state index in [-0.39, 0.29) is 23.0 Å². The molecule has 0 fully saturated rings. The van der Waals surface area contributed by atoms with Gasteiger partial charge in [-0.1, -0.05) is 24.3 Å². The molecule has 0 aliphatic carbocycles. The largest absolute Gasteiger partial charge is 0.491 e. The average Bonchev–Trinajstić information content (AvgIpc) is 3.11. The Morgan fingerprint density at radius 3 is 2.50 bits per heavy atom. The van der Waals surface area contributed by atoms with E-state index in [1.54, 1.807) is 29.2 Å². The van der Waals surface area contributed by atoms with Crippen molar-refractivity contribution in [2.75, 3.05) is 10.2 Å². The second-order valence-corrected chi connectivity index (χ2v) is 8.11. The van der Waals surface area contributed by atoms with Crippen molar-refractivity contribution < 1.29 is 14.3 Å². The van der Waals surface area contributed by atoms with Gasteiger partial charge in [0.1, 0.15) is 5.75 Å². The Labute approximate surface area is 192 Å². The summed E-state index contributed by atoms with van der Waals surface area (Å²) in [5.41, 5.74) is 3.72. The molecular weight excluding hydrogens is 422 g/mol. The number of fused-ring (bicyclic) bond motifs is 1. The van der Waals surface area contributed by atoms with Crippen LogP contribution in [0.2, 0.25) is 0 Å². The fourth-order valence-corrected chi connectivity index (χ4v) is 3.72. The van der Waals surface area contributed by atoms with Crippen LogP contribution in [0, 0.1) is 0 Å². The van der Waals surface area contributed by atoms with Crippen LogP contribution >= 0.6 is 12.2 Å². The number of hydrogen-bond acceptors (Lipinski definition) is 4. The van der Waals surface area contributed by atoms with E-state index < -0.39 is 0 Å². The van der Waals surface area contributed by atoms with E-state index in [0.717, 1.165) is 16.8 Å². The van der Waals surface area contributed by atoms with Gasteiger partial charge in [0.05, 0.1) is 12.6 Å². The van der Waals surface area contributed by atoms with E-state index in [0.29, 0.717) is 23.5 Å². The molecule has 32 heavy (non-hydrogen) atoms. The minimum Gasteiger partial charge on any atom is -0.491 e. The number of carbonyl (C=O) groups is 2. The first-order valence-electron chi connectivity index (χ1n) is 10.3. The van der Waals surface area contributed by atoms with Gasteiger partial charge in [-0.3, -0.25) is 14.9 Å². The van der Waals surface area contributed by atoms with Gasteiger partial charge in [-0.05, 0) is 80.2 Å². The maximum atomic E-state index is 12.6. The number of carbonyl (C=O) groups excluding carboxylic acids is 2. The van der Waals surface area contributed by atoms with Crippen molar-refractivity contribution in [3.8, 4) is 5.75 Å². The van der Waals surface area contributed by atoms with Crippen LogP contribution in [-0.4, -0.2) is 23.0 Å². The van der Waals surface area contributed by atoms with Gasteiger partial charge in [0.2, 0.25) is 0 Å². The van der Waals surface area contributed by atoms with Crippen molar-refractivity contribution in [2.24, 2.45) is 0 Å². The highest BCUT2D eigenvalue weighted by Gasteiger charge is 2.27. The van der Waals surface area contributed by atoms with E-state index in [1.165, 1.54) is 0 Å². The number of thiocarbonyl (C=S) groups is 1. The summed E-state index contributed by atoms with van der Waals surface area (Å²) in [5, 5.41) is 5.86. The van der Waals surface area contributed by atoms with Gasteiger partial charge in [0.15, 0.2) is 5.11 Å². The summed E-state index contributed by atoms with van der Waals surface area (Å²) in [6.45, 7) is 4.40. The lowest BCUT2D eigenvalue weighted by molar-refractivity contribution is 0.0974. The number of nitrogens with zero attached hydrogens (tertiary/aromatic N) is 1. The normalized spacial score (nSPS) is 12.5. The number of benzene rings is 3. The molecule has 4 rings (SSSR count). The van der Waals surface area contributed by atoms with Gasteiger partial charge in [-0.2, -0.15) is 0 Å². The molecule has 2 amide bonds. The summed E-state index contributed by atoms with van der Waals surface area (Å²) >= 11 is 5.28. The zero-order valence-corrected chi connectivity index (χ0v) is 18.6. The van der Waals surface area contributed by atoms with E-state index in [4.69, 9.17) is 17.0 Å². The molecule has 0 bridgehead atoms.